The molecule has 148 valence electrons. The standard InChI is InChI=1S/C19H23FN6O2/c20-14-1-3-15(4-2-14)23-19(27)24-16-5-6-26(12-16)18-11-17(21-13-22-18)25-7-9-28-10-8-25/h1-4,11,13,16H,5-10,12H2,(H2,23,24,27). The molecule has 0 bridgehead atoms. The van der Waals surface area contributed by atoms with E-state index in [1.807, 2.05) is 6.07 Å². The molecule has 9 heteroatoms. The second kappa shape index (κ2) is 8.39. The Bertz CT molecular complexity index is 812. The second-order valence-corrected chi connectivity index (χ2v) is 6.87. The van der Waals surface area contributed by atoms with Gasteiger partial charge in [-0.3, -0.25) is 0 Å². The first-order chi connectivity index (χ1) is 13.7. The summed E-state index contributed by atoms with van der Waals surface area (Å²) in [6, 6.07) is 7.40. The smallest absolute Gasteiger partial charge is 0.319 e. The highest BCUT2D eigenvalue weighted by Crippen LogP contribution is 2.22. The molecule has 0 saturated carbocycles. The van der Waals surface area contributed by atoms with Crippen molar-refractivity contribution in [3.05, 3.63) is 42.5 Å². The molecular weight excluding hydrogens is 363 g/mol. The fraction of sp³-hybridized carbons (Fsp3) is 0.421. The molecule has 4 rings (SSSR count). The number of carbonyl (C=O) groups is 1. The molecule has 2 fully saturated rings. The highest BCUT2D eigenvalue weighted by Gasteiger charge is 2.25. The summed E-state index contributed by atoms with van der Waals surface area (Å²) in [6.45, 7) is 4.54. The van der Waals surface area contributed by atoms with Crippen molar-refractivity contribution in [2.45, 2.75) is 12.5 Å². The summed E-state index contributed by atoms with van der Waals surface area (Å²) >= 11 is 0. The van der Waals surface area contributed by atoms with Crippen LogP contribution in [0.25, 0.3) is 0 Å². The van der Waals surface area contributed by atoms with Gasteiger partial charge < -0.3 is 25.2 Å². The normalized spacial score (nSPS) is 19.5. The van der Waals surface area contributed by atoms with E-state index in [0.717, 1.165) is 37.7 Å². The number of urea groups is 1. The van der Waals surface area contributed by atoms with Gasteiger partial charge in [-0.25, -0.2) is 19.2 Å². The monoisotopic (exact) mass is 386 g/mol. The topological polar surface area (TPSA) is 82.6 Å². The summed E-state index contributed by atoms with van der Waals surface area (Å²) < 4.78 is 18.3. The lowest BCUT2D eigenvalue weighted by molar-refractivity contribution is 0.122. The van der Waals surface area contributed by atoms with Gasteiger partial charge in [0.2, 0.25) is 0 Å². The zero-order chi connectivity index (χ0) is 19.3. The number of hydrogen-bond donors (Lipinski definition) is 2. The Kier molecular flexibility index (Phi) is 5.52. The minimum atomic E-state index is -0.335. The number of morpholine rings is 1. The van der Waals surface area contributed by atoms with E-state index in [4.69, 9.17) is 4.74 Å². The molecule has 2 N–H and O–H groups in total. The third-order valence-electron chi connectivity index (χ3n) is 4.92. The summed E-state index contributed by atoms with van der Waals surface area (Å²) in [5.41, 5.74) is 0.555. The number of carbonyl (C=O) groups excluding carboxylic acids is 1. The first-order valence-electron chi connectivity index (χ1n) is 9.40. The average Bonchev–Trinajstić information content (AvgIpc) is 3.19. The molecule has 28 heavy (non-hydrogen) atoms. The van der Waals surface area contributed by atoms with Crippen molar-refractivity contribution < 1.29 is 13.9 Å². The highest BCUT2D eigenvalue weighted by atomic mass is 19.1. The van der Waals surface area contributed by atoms with Crippen molar-refractivity contribution in [3.8, 4) is 0 Å². The first-order valence-corrected chi connectivity index (χ1v) is 9.40. The Morgan fingerprint density at radius 3 is 2.54 bits per heavy atom. The molecule has 2 aromatic rings. The van der Waals surface area contributed by atoms with Crippen molar-refractivity contribution >= 4 is 23.4 Å². The second-order valence-electron chi connectivity index (χ2n) is 6.87. The van der Waals surface area contributed by atoms with Crippen LogP contribution in [0.5, 0.6) is 0 Å². The van der Waals surface area contributed by atoms with E-state index in [1.165, 1.54) is 24.3 Å². The maximum atomic E-state index is 12.9. The van der Waals surface area contributed by atoms with Crippen LogP contribution in [0.4, 0.5) is 26.5 Å². The van der Waals surface area contributed by atoms with Crippen LogP contribution in [0.3, 0.4) is 0 Å². The lowest BCUT2D eigenvalue weighted by Crippen LogP contribution is -2.40. The molecule has 2 saturated heterocycles. The van der Waals surface area contributed by atoms with Gasteiger partial charge in [0.15, 0.2) is 0 Å². The van der Waals surface area contributed by atoms with E-state index in [-0.39, 0.29) is 17.9 Å². The SMILES string of the molecule is O=C(Nc1ccc(F)cc1)NC1CCN(c2cc(N3CCOCC3)ncn2)C1. The molecule has 0 radical (unpaired) electrons. The van der Waals surface area contributed by atoms with Crippen molar-refractivity contribution in [3.63, 3.8) is 0 Å². The van der Waals surface area contributed by atoms with Crippen LogP contribution in [0.2, 0.25) is 0 Å². The molecular formula is C19H23FN6O2. The zero-order valence-corrected chi connectivity index (χ0v) is 15.5. The summed E-state index contributed by atoms with van der Waals surface area (Å²) in [4.78, 5) is 25.3. The first kappa shape index (κ1) is 18.4. The summed E-state index contributed by atoms with van der Waals surface area (Å²) in [6.07, 6.45) is 2.41. The Labute approximate surface area is 162 Å². The third-order valence-corrected chi connectivity index (χ3v) is 4.92. The number of anilines is 3. The van der Waals surface area contributed by atoms with Gasteiger partial charge in [-0.15, -0.1) is 0 Å². The van der Waals surface area contributed by atoms with E-state index >= 15 is 0 Å². The van der Waals surface area contributed by atoms with Crippen molar-refractivity contribution in [2.24, 2.45) is 0 Å². The minimum Gasteiger partial charge on any atom is -0.378 e. The van der Waals surface area contributed by atoms with Crippen molar-refractivity contribution in [1.29, 1.82) is 0 Å². The molecule has 3 heterocycles. The average molecular weight is 386 g/mol. The number of rotatable bonds is 4. The molecule has 1 unspecified atom stereocenters. The van der Waals surface area contributed by atoms with E-state index in [0.29, 0.717) is 25.4 Å². The predicted molar refractivity (Wildman–Crippen MR) is 104 cm³/mol. The number of benzene rings is 1. The Hall–Kier alpha value is -2.94. The third kappa shape index (κ3) is 4.48. The molecule has 0 spiro atoms. The van der Waals surface area contributed by atoms with E-state index in [1.54, 1.807) is 6.33 Å². The number of aromatic nitrogens is 2. The molecule has 2 aliphatic rings. The summed E-state index contributed by atoms with van der Waals surface area (Å²) in [5.74, 6) is 1.43. The van der Waals surface area contributed by atoms with Gasteiger partial charge in [-0.2, -0.15) is 0 Å². The number of ether oxygens (including phenoxy) is 1. The molecule has 2 amide bonds. The van der Waals surface area contributed by atoms with E-state index < -0.39 is 0 Å². The number of nitrogens with one attached hydrogen (secondary N) is 2. The Balaban J connectivity index is 1.32. The van der Waals surface area contributed by atoms with Gasteiger partial charge in [0.05, 0.1) is 13.2 Å². The van der Waals surface area contributed by atoms with Crippen LogP contribution in [-0.2, 0) is 4.74 Å². The minimum absolute atomic E-state index is 0.0160. The van der Waals surface area contributed by atoms with Gasteiger partial charge in [-0.1, -0.05) is 0 Å². The Morgan fingerprint density at radius 2 is 1.79 bits per heavy atom. The molecule has 8 nitrogen and oxygen atoms in total. The summed E-state index contributed by atoms with van der Waals surface area (Å²) in [7, 11) is 0. The van der Waals surface area contributed by atoms with Crippen LogP contribution in [0.1, 0.15) is 6.42 Å². The fourth-order valence-corrected chi connectivity index (χ4v) is 3.45. The van der Waals surface area contributed by atoms with Crippen molar-refractivity contribution in [2.75, 3.05) is 54.5 Å². The predicted octanol–water partition coefficient (Wildman–Crippen LogP) is 1.85. The quantitative estimate of drug-likeness (QED) is 0.835. The maximum absolute atomic E-state index is 12.9. The Morgan fingerprint density at radius 1 is 1.07 bits per heavy atom. The molecule has 0 aliphatic carbocycles. The number of hydrogen-bond acceptors (Lipinski definition) is 6. The summed E-state index contributed by atoms with van der Waals surface area (Å²) in [5, 5.41) is 5.69. The van der Waals surface area contributed by atoms with E-state index in [9.17, 15) is 9.18 Å². The molecule has 1 atom stereocenters. The van der Waals surface area contributed by atoms with Gasteiger partial charge in [0, 0.05) is 44.0 Å². The van der Waals surface area contributed by atoms with Crippen LogP contribution < -0.4 is 20.4 Å². The number of nitrogens with zero attached hydrogens (tertiary/aromatic N) is 4. The number of amides is 2. The zero-order valence-electron chi connectivity index (χ0n) is 15.5. The molecule has 1 aromatic carbocycles. The largest absolute Gasteiger partial charge is 0.378 e. The van der Waals surface area contributed by atoms with Crippen LogP contribution in [0.15, 0.2) is 36.7 Å². The van der Waals surface area contributed by atoms with Gasteiger partial charge in [-0.05, 0) is 30.7 Å². The van der Waals surface area contributed by atoms with Gasteiger partial charge in [0.25, 0.3) is 0 Å². The highest BCUT2D eigenvalue weighted by molar-refractivity contribution is 5.89. The lowest BCUT2D eigenvalue weighted by atomic mass is 10.3. The van der Waals surface area contributed by atoms with Crippen LogP contribution >= 0.6 is 0 Å². The molecule has 1 aromatic heterocycles. The van der Waals surface area contributed by atoms with Crippen LogP contribution in [0, 0.1) is 5.82 Å². The lowest BCUT2D eigenvalue weighted by Gasteiger charge is -2.28. The molecule has 2 aliphatic heterocycles. The number of halogens is 1. The fourth-order valence-electron chi connectivity index (χ4n) is 3.45. The van der Waals surface area contributed by atoms with Gasteiger partial charge >= 0.3 is 6.03 Å². The van der Waals surface area contributed by atoms with Crippen LogP contribution in [-0.4, -0.2) is 61.4 Å². The van der Waals surface area contributed by atoms with E-state index in [2.05, 4.69) is 30.4 Å². The maximum Gasteiger partial charge on any atom is 0.319 e. The van der Waals surface area contributed by atoms with Crippen molar-refractivity contribution in [1.82, 2.24) is 15.3 Å². The van der Waals surface area contributed by atoms with Gasteiger partial charge in [0.1, 0.15) is 23.8 Å².